The molecule has 3 atom stereocenters. The lowest BCUT2D eigenvalue weighted by Gasteiger charge is -2.44. The van der Waals surface area contributed by atoms with Crippen LogP contribution in [0.5, 0.6) is 0 Å². The monoisotopic (exact) mass is 402 g/mol. The normalized spacial score (nSPS) is 24.4. The molecule has 2 aromatic rings. The van der Waals surface area contributed by atoms with Crippen molar-refractivity contribution in [1.82, 2.24) is 9.47 Å². The first-order chi connectivity index (χ1) is 11.6. The molecule has 2 aliphatic heterocycles. The Hall–Kier alpha value is -0.970. The van der Waals surface area contributed by atoms with E-state index in [0.29, 0.717) is 11.8 Å². The standard InChI is InChI=1S/C20H23BrN2S/c1-14(16-5-3-2-4-6-16)10-22-11-15-9-17(13-22)20-18(21)7-8-19(24)23(20)12-15/h2-8,14-15,17H,9-13H2,1H3/t14?,15-,17+/m1/s1. The number of hydrogen-bond donors (Lipinski definition) is 0. The highest BCUT2D eigenvalue weighted by atomic mass is 79.9. The minimum Gasteiger partial charge on any atom is -0.335 e. The van der Waals surface area contributed by atoms with E-state index in [1.54, 1.807) is 0 Å². The number of hydrogen-bond acceptors (Lipinski definition) is 2. The van der Waals surface area contributed by atoms with Gasteiger partial charge in [0.2, 0.25) is 0 Å². The largest absolute Gasteiger partial charge is 0.335 e. The van der Waals surface area contributed by atoms with Gasteiger partial charge in [0.25, 0.3) is 0 Å². The van der Waals surface area contributed by atoms with Crippen molar-refractivity contribution >= 4 is 28.1 Å². The second-order valence-corrected chi connectivity index (χ2v) is 8.62. The molecular weight excluding hydrogens is 380 g/mol. The number of aromatic nitrogens is 1. The Kier molecular flexibility index (Phi) is 4.63. The second kappa shape index (κ2) is 6.74. The fraction of sp³-hybridized carbons (Fsp3) is 0.450. The Morgan fingerprint density at radius 1 is 1.12 bits per heavy atom. The molecule has 0 spiro atoms. The third-order valence-electron chi connectivity index (χ3n) is 5.51. The van der Waals surface area contributed by atoms with Gasteiger partial charge >= 0.3 is 0 Å². The number of piperidine rings is 1. The molecule has 0 N–H and O–H groups in total. The van der Waals surface area contributed by atoms with Crippen molar-refractivity contribution in [2.45, 2.75) is 31.7 Å². The van der Waals surface area contributed by atoms with Gasteiger partial charge in [0.15, 0.2) is 0 Å². The van der Waals surface area contributed by atoms with Gasteiger partial charge in [-0.1, -0.05) is 49.5 Å². The number of halogens is 1. The van der Waals surface area contributed by atoms with Gasteiger partial charge in [0.1, 0.15) is 4.64 Å². The molecule has 1 fully saturated rings. The van der Waals surface area contributed by atoms with Gasteiger partial charge in [-0.15, -0.1) is 0 Å². The molecule has 0 radical (unpaired) electrons. The van der Waals surface area contributed by atoms with Crippen LogP contribution in [0.15, 0.2) is 46.9 Å². The van der Waals surface area contributed by atoms with Crippen molar-refractivity contribution in [2.24, 2.45) is 5.92 Å². The van der Waals surface area contributed by atoms with Gasteiger partial charge < -0.3 is 9.47 Å². The van der Waals surface area contributed by atoms with Crippen LogP contribution in [0, 0.1) is 10.6 Å². The van der Waals surface area contributed by atoms with E-state index < -0.39 is 0 Å². The third-order valence-corrected chi connectivity index (χ3v) is 6.54. The molecule has 2 nitrogen and oxygen atoms in total. The molecule has 1 saturated heterocycles. The zero-order chi connectivity index (χ0) is 16.7. The maximum Gasteiger partial charge on any atom is 0.106 e. The summed E-state index contributed by atoms with van der Waals surface area (Å²) in [6.07, 6.45) is 1.30. The average Bonchev–Trinajstić information content (AvgIpc) is 2.58. The van der Waals surface area contributed by atoms with E-state index in [4.69, 9.17) is 12.2 Å². The number of rotatable bonds is 3. The smallest absolute Gasteiger partial charge is 0.106 e. The fourth-order valence-corrected chi connectivity index (χ4v) is 5.40. The lowest BCUT2D eigenvalue weighted by molar-refractivity contribution is 0.116. The zero-order valence-electron chi connectivity index (χ0n) is 14.0. The van der Waals surface area contributed by atoms with E-state index in [1.165, 1.54) is 28.7 Å². The lowest BCUT2D eigenvalue weighted by atomic mass is 9.82. The molecule has 0 saturated carbocycles. The number of likely N-dealkylation sites (tertiary alicyclic amines) is 1. The van der Waals surface area contributed by atoms with E-state index >= 15 is 0 Å². The molecule has 0 aliphatic carbocycles. The summed E-state index contributed by atoms with van der Waals surface area (Å²) in [6.45, 7) is 6.90. The van der Waals surface area contributed by atoms with Crippen LogP contribution in [0.25, 0.3) is 0 Å². The number of nitrogens with zero attached hydrogens (tertiary/aromatic N) is 2. The summed E-state index contributed by atoms with van der Waals surface area (Å²) in [5.41, 5.74) is 2.85. The molecule has 1 aromatic heterocycles. The Bertz CT molecular complexity index is 786. The van der Waals surface area contributed by atoms with Crippen LogP contribution in [-0.2, 0) is 6.54 Å². The molecule has 2 bridgehead atoms. The minimum atomic E-state index is 0.575. The highest BCUT2D eigenvalue weighted by Gasteiger charge is 2.35. The van der Waals surface area contributed by atoms with Crippen molar-refractivity contribution in [3.63, 3.8) is 0 Å². The van der Waals surface area contributed by atoms with E-state index in [0.717, 1.165) is 30.2 Å². The molecule has 1 unspecified atom stereocenters. The summed E-state index contributed by atoms with van der Waals surface area (Å²) in [5.74, 6) is 1.89. The first-order valence-electron chi connectivity index (χ1n) is 8.78. The number of fused-ring (bicyclic) bond motifs is 4. The topological polar surface area (TPSA) is 8.17 Å². The third kappa shape index (κ3) is 3.12. The molecule has 24 heavy (non-hydrogen) atoms. The molecule has 126 valence electrons. The zero-order valence-corrected chi connectivity index (χ0v) is 16.4. The lowest BCUT2D eigenvalue weighted by Crippen LogP contribution is -2.46. The molecule has 4 heteroatoms. The SMILES string of the molecule is CC(CN1C[C@H]2C[C@@H](C1)c1c(Br)ccc(=S)n1C2)c1ccccc1. The van der Waals surface area contributed by atoms with E-state index in [2.05, 4.69) is 74.8 Å². The first-order valence-corrected chi connectivity index (χ1v) is 9.98. The Balaban J connectivity index is 1.55. The highest BCUT2D eigenvalue weighted by molar-refractivity contribution is 9.10. The van der Waals surface area contributed by atoms with E-state index in [9.17, 15) is 0 Å². The highest BCUT2D eigenvalue weighted by Crippen LogP contribution is 2.39. The average molecular weight is 403 g/mol. The van der Waals surface area contributed by atoms with Crippen LogP contribution in [0.4, 0.5) is 0 Å². The van der Waals surface area contributed by atoms with Gasteiger partial charge in [-0.2, -0.15) is 0 Å². The summed E-state index contributed by atoms with van der Waals surface area (Å²) in [6, 6.07) is 15.1. The summed E-state index contributed by atoms with van der Waals surface area (Å²) < 4.78 is 4.57. The van der Waals surface area contributed by atoms with Crippen LogP contribution in [0.2, 0.25) is 0 Å². The Morgan fingerprint density at radius 3 is 2.71 bits per heavy atom. The van der Waals surface area contributed by atoms with Gasteiger partial charge in [0.05, 0.1) is 0 Å². The predicted molar refractivity (Wildman–Crippen MR) is 105 cm³/mol. The maximum absolute atomic E-state index is 5.57. The summed E-state index contributed by atoms with van der Waals surface area (Å²) in [5, 5.41) is 0. The predicted octanol–water partition coefficient (Wildman–Crippen LogP) is 5.20. The molecular formula is C20H23BrN2S. The fourth-order valence-electron chi connectivity index (χ4n) is 4.49. The van der Waals surface area contributed by atoms with Crippen molar-refractivity contribution in [3.8, 4) is 0 Å². The molecule has 0 amide bonds. The van der Waals surface area contributed by atoms with E-state index in [1.807, 2.05) is 0 Å². The van der Waals surface area contributed by atoms with Crippen LogP contribution in [-0.4, -0.2) is 29.1 Å². The first kappa shape index (κ1) is 16.5. The van der Waals surface area contributed by atoms with Crippen LogP contribution < -0.4 is 0 Å². The quantitative estimate of drug-likeness (QED) is 0.651. The number of pyridine rings is 1. The van der Waals surface area contributed by atoms with Crippen molar-refractivity contribution in [1.29, 1.82) is 0 Å². The molecule has 4 rings (SSSR count). The van der Waals surface area contributed by atoms with Crippen molar-refractivity contribution < 1.29 is 0 Å². The van der Waals surface area contributed by atoms with Crippen molar-refractivity contribution in [2.75, 3.05) is 19.6 Å². The Morgan fingerprint density at radius 2 is 1.92 bits per heavy atom. The van der Waals surface area contributed by atoms with Gasteiger partial charge in [-0.3, -0.25) is 0 Å². The molecule has 2 aliphatic rings. The van der Waals surface area contributed by atoms with Crippen LogP contribution >= 0.6 is 28.1 Å². The van der Waals surface area contributed by atoms with Crippen LogP contribution in [0.3, 0.4) is 0 Å². The van der Waals surface area contributed by atoms with Crippen molar-refractivity contribution in [3.05, 3.63) is 62.8 Å². The van der Waals surface area contributed by atoms with E-state index in [-0.39, 0.29) is 0 Å². The summed E-state index contributed by atoms with van der Waals surface area (Å²) >= 11 is 9.33. The molecule has 1 aromatic carbocycles. The summed E-state index contributed by atoms with van der Waals surface area (Å²) in [7, 11) is 0. The minimum absolute atomic E-state index is 0.575. The van der Waals surface area contributed by atoms with Crippen LogP contribution in [0.1, 0.15) is 36.4 Å². The summed E-state index contributed by atoms with van der Waals surface area (Å²) in [4.78, 5) is 2.67. The second-order valence-electron chi connectivity index (χ2n) is 7.34. The Labute approximate surface area is 157 Å². The van der Waals surface area contributed by atoms with Gasteiger partial charge in [-0.25, -0.2) is 0 Å². The molecule has 3 heterocycles. The van der Waals surface area contributed by atoms with Gasteiger partial charge in [-0.05, 0) is 51.9 Å². The van der Waals surface area contributed by atoms with Gasteiger partial charge in [0, 0.05) is 42.3 Å². The number of benzene rings is 1. The maximum atomic E-state index is 5.57.